The number of aliphatic hydroxyl groups is 1. The maximum atomic E-state index is 13.5. The zero-order valence-electron chi connectivity index (χ0n) is 19.5. The van der Waals surface area contributed by atoms with Crippen molar-refractivity contribution in [1.82, 2.24) is 14.9 Å². The third-order valence-corrected chi connectivity index (χ3v) is 9.02. The summed E-state index contributed by atoms with van der Waals surface area (Å²) in [6.07, 6.45) is 9.64. The molecule has 3 aromatic rings. The summed E-state index contributed by atoms with van der Waals surface area (Å²) in [5.74, 6) is -2.35. The van der Waals surface area contributed by atoms with Crippen LogP contribution in [0.2, 0.25) is 0 Å². The zero-order chi connectivity index (χ0) is 24.2. The van der Waals surface area contributed by atoms with E-state index in [2.05, 4.69) is 33.1 Å². The first-order valence-electron chi connectivity index (χ1n) is 12.4. The molecule has 3 aliphatic carbocycles. The van der Waals surface area contributed by atoms with Gasteiger partial charge < -0.3 is 15.0 Å². The first kappa shape index (κ1) is 22.4. The molecule has 35 heavy (non-hydrogen) atoms. The summed E-state index contributed by atoms with van der Waals surface area (Å²) in [5.41, 5.74) is 3.60. The number of nitrogens with zero attached hydrogens (tertiary/aromatic N) is 2. The number of amides is 1. The van der Waals surface area contributed by atoms with Gasteiger partial charge in [0.25, 0.3) is 5.91 Å². The lowest BCUT2D eigenvalue weighted by molar-refractivity contribution is -0.0920. The van der Waals surface area contributed by atoms with Gasteiger partial charge in [-0.25, -0.2) is 13.8 Å². The fourth-order valence-electron chi connectivity index (χ4n) is 6.70. The number of aliphatic hydroxyl groups excluding tert-OH is 1. The quantitative estimate of drug-likeness (QED) is 0.509. The number of aromatic nitrogens is 2. The zero-order valence-corrected chi connectivity index (χ0v) is 19.5. The predicted molar refractivity (Wildman–Crippen MR) is 128 cm³/mol. The van der Waals surface area contributed by atoms with Crippen molar-refractivity contribution in [2.45, 2.75) is 57.1 Å². The van der Waals surface area contributed by atoms with E-state index in [-0.39, 0.29) is 28.3 Å². The van der Waals surface area contributed by atoms with Crippen molar-refractivity contribution >= 4 is 5.91 Å². The molecular weight excluding hydrogens is 448 g/mol. The molecule has 2 N–H and O–H groups in total. The van der Waals surface area contributed by atoms with Gasteiger partial charge in [0.05, 0.1) is 30.4 Å². The number of fused-ring (bicyclic) bond motifs is 6. The van der Waals surface area contributed by atoms with Gasteiger partial charge >= 0.3 is 0 Å². The van der Waals surface area contributed by atoms with Gasteiger partial charge in [-0.2, -0.15) is 0 Å². The number of carbonyl (C=O) groups excluding carboxylic acids is 1. The molecule has 1 aliphatic heterocycles. The SMILES string of the molecule is O=C(NCC12CCC(C(O)CC3c4ccccc4-c4cncn43)(CC1)CC2)c1ccc(F)c(F)c1. The number of hydrogen-bond donors (Lipinski definition) is 2. The van der Waals surface area contributed by atoms with E-state index in [1.165, 1.54) is 17.2 Å². The van der Waals surface area contributed by atoms with E-state index < -0.39 is 17.7 Å². The van der Waals surface area contributed by atoms with Crippen LogP contribution >= 0.6 is 0 Å². The van der Waals surface area contributed by atoms with Crippen molar-refractivity contribution in [3.63, 3.8) is 0 Å². The molecule has 3 fully saturated rings. The first-order valence-corrected chi connectivity index (χ1v) is 12.4. The second kappa shape index (κ2) is 8.26. The first-order chi connectivity index (χ1) is 16.9. The van der Waals surface area contributed by atoms with Crippen LogP contribution in [0.15, 0.2) is 55.0 Å². The standard InChI is InChI=1S/C28H29F2N3O2/c29-21-6-5-18(13-22(21)30)26(35)32-16-27-7-10-28(11-8-27,12-9-27)25(34)14-23-19-3-1-2-4-20(19)24-15-31-17-33(23)24/h1-6,13,15,17,23,25,34H,7-12,14,16H2,(H,32,35). The largest absolute Gasteiger partial charge is 0.392 e. The predicted octanol–water partition coefficient (Wildman–Crippen LogP) is 5.25. The van der Waals surface area contributed by atoms with Crippen molar-refractivity contribution in [2.75, 3.05) is 6.54 Å². The summed E-state index contributed by atoms with van der Waals surface area (Å²) >= 11 is 0. The Labute approximate surface area is 203 Å². The molecule has 2 atom stereocenters. The summed E-state index contributed by atoms with van der Waals surface area (Å²) < 4.78 is 28.9. The Morgan fingerprint density at radius 3 is 2.57 bits per heavy atom. The Balaban J connectivity index is 1.11. The van der Waals surface area contributed by atoms with Crippen LogP contribution in [-0.4, -0.2) is 33.2 Å². The number of benzene rings is 2. The van der Waals surface area contributed by atoms with E-state index in [0.29, 0.717) is 13.0 Å². The van der Waals surface area contributed by atoms with Gasteiger partial charge in [0.1, 0.15) is 0 Å². The molecule has 5 nitrogen and oxygen atoms in total. The molecule has 2 bridgehead atoms. The van der Waals surface area contributed by atoms with Gasteiger partial charge in [-0.1, -0.05) is 24.3 Å². The molecule has 1 aromatic heterocycles. The number of hydrogen-bond acceptors (Lipinski definition) is 3. The second-order valence-electron chi connectivity index (χ2n) is 10.7. The molecule has 3 saturated carbocycles. The minimum atomic E-state index is -1.02. The van der Waals surface area contributed by atoms with Crippen LogP contribution in [0, 0.1) is 22.5 Å². The van der Waals surface area contributed by atoms with Gasteiger partial charge in [-0.05, 0) is 79.5 Å². The number of imidazole rings is 1. The topological polar surface area (TPSA) is 67.2 Å². The van der Waals surface area contributed by atoms with E-state index in [0.717, 1.165) is 56.4 Å². The summed E-state index contributed by atoms with van der Waals surface area (Å²) in [6.45, 7) is 0.519. The lowest BCUT2D eigenvalue weighted by atomic mass is 9.51. The molecule has 0 radical (unpaired) electrons. The fourth-order valence-corrected chi connectivity index (χ4v) is 6.70. The average molecular weight is 478 g/mol. The van der Waals surface area contributed by atoms with Gasteiger partial charge in [0, 0.05) is 17.7 Å². The van der Waals surface area contributed by atoms with Crippen LogP contribution in [0.5, 0.6) is 0 Å². The van der Waals surface area contributed by atoms with Gasteiger partial charge in [-0.15, -0.1) is 0 Å². The highest BCUT2D eigenvalue weighted by Crippen LogP contribution is 2.59. The highest BCUT2D eigenvalue weighted by atomic mass is 19.2. The minimum absolute atomic E-state index is 0.00712. The molecule has 7 heteroatoms. The van der Waals surface area contributed by atoms with Crippen LogP contribution in [0.4, 0.5) is 8.78 Å². The molecule has 0 spiro atoms. The smallest absolute Gasteiger partial charge is 0.251 e. The molecular formula is C28H29F2N3O2. The third-order valence-electron chi connectivity index (χ3n) is 9.02. The summed E-state index contributed by atoms with van der Waals surface area (Å²) in [6, 6.07) is 11.7. The van der Waals surface area contributed by atoms with Crippen molar-refractivity contribution in [3.05, 3.63) is 77.8 Å². The molecule has 2 heterocycles. The van der Waals surface area contributed by atoms with Crippen molar-refractivity contribution in [3.8, 4) is 11.3 Å². The maximum absolute atomic E-state index is 13.5. The lowest BCUT2D eigenvalue weighted by Crippen LogP contribution is -2.51. The van der Waals surface area contributed by atoms with E-state index >= 15 is 0 Å². The molecule has 2 unspecified atom stereocenters. The summed E-state index contributed by atoms with van der Waals surface area (Å²) in [7, 11) is 0. The van der Waals surface area contributed by atoms with Crippen LogP contribution in [-0.2, 0) is 0 Å². The Hall–Kier alpha value is -3.06. The highest BCUT2D eigenvalue weighted by Gasteiger charge is 2.52. The Kier molecular flexibility index (Phi) is 5.29. The maximum Gasteiger partial charge on any atom is 0.251 e. The van der Waals surface area contributed by atoms with E-state index in [4.69, 9.17) is 0 Å². The van der Waals surface area contributed by atoms with Crippen molar-refractivity contribution in [2.24, 2.45) is 10.8 Å². The molecule has 7 rings (SSSR count). The summed E-state index contributed by atoms with van der Waals surface area (Å²) in [4.78, 5) is 16.9. The average Bonchev–Trinajstić information content (AvgIpc) is 3.48. The Bertz CT molecular complexity index is 1260. The number of carbonyl (C=O) groups is 1. The van der Waals surface area contributed by atoms with Crippen LogP contribution in [0.1, 0.15) is 66.9 Å². The van der Waals surface area contributed by atoms with Gasteiger partial charge in [0.15, 0.2) is 11.6 Å². The summed E-state index contributed by atoms with van der Waals surface area (Å²) in [5, 5.41) is 14.5. The van der Waals surface area contributed by atoms with Gasteiger partial charge in [-0.3, -0.25) is 4.79 Å². The van der Waals surface area contributed by atoms with Crippen molar-refractivity contribution in [1.29, 1.82) is 0 Å². The normalized spacial score (nSPS) is 27.3. The van der Waals surface area contributed by atoms with Crippen LogP contribution in [0.3, 0.4) is 0 Å². The second-order valence-corrected chi connectivity index (χ2v) is 10.7. The molecule has 0 saturated heterocycles. The molecule has 2 aromatic carbocycles. The van der Waals surface area contributed by atoms with Gasteiger partial charge in [0.2, 0.25) is 0 Å². The van der Waals surface area contributed by atoms with Crippen molar-refractivity contribution < 1.29 is 18.7 Å². The minimum Gasteiger partial charge on any atom is -0.392 e. The molecule has 4 aliphatic rings. The Morgan fingerprint density at radius 1 is 1.09 bits per heavy atom. The molecule has 1 amide bonds. The van der Waals surface area contributed by atoms with Crippen LogP contribution in [0.25, 0.3) is 11.3 Å². The fraction of sp³-hybridized carbons (Fsp3) is 0.429. The number of rotatable bonds is 6. The van der Waals surface area contributed by atoms with E-state index in [1.54, 1.807) is 0 Å². The van der Waals surface area contributed by atoms with E-state index in [9.17, 15) is 18.7 Å². The highest BCUT2D eigenvalue weighted by molar-refractivity contribution is 5.94. The number of nitrogens with one attached hydrogen (secondary N) is 1. The Morgan fingerprint density at radius 2 is 1.83 bits per heavy atom. The monoisotopic (exact) mass is 477 g/mol. The van der Waals surface area contributed by atoms with E-state index in [1.807, 2.05) is 18.6 Å². The van der Waals surface area contributed by atoms with Crippen LogP contribution < -0.4 is 5.32 Å². The molecule has 182 valence electrons. The third kappa shape index (κ3) is 3.68. The number of halogens is 2. The lowest BCUT2D eigenvalue weighted by Gasteiger charge is -2.55.